The Hall–Kier alpha value is -0.900. The maximum absolute atomic E-state index is 11.9. The van der Waals surface area contributed by atoms with Crippen molar-refractivity contribution in [2.45, 2.75) is 85.3 Å². The fourth-order valence-electron chi connectivity index (χ4n) is 1.85. The van der Waals surface area contributed by atoms with Crippen molar-refractivity contribution in [2.24, 2.45) is 5.92 Å². The molecule has 0 aliphatic rings. The van der Waals surface area contributed by atoms with E-state index in [4.69, 9.17) is 4.74 Å². The van der Waals surface area contributed by atoms with Gasteiger partial charge < -0.3 is 10.1 Å². The minimum atomic E-state index is -0.271. The maximum Gasteiger partial charge on any atom is 0.220 e. The van der Waals surface area contributed by atoms with E-state index in [0.29, 0.717) is 25.9 Å². The largest absolute Gasteiger partial charge is 0.378 e. The van der Waals surface area contributed by atoms with Gasteiger partial charge in [0.15, 0.2) is 0 Å². The molecule has 0 rings (SSSR count). The Bertz CT molecular complexity index is 324. The summed E-state index contributed by atoms with van der Waals surface area (Å²) in [5, 5.41) is 3.02. The molecule has 124 valence electrons. The lowest BCUT2D eigenvalue weighted by Gasteiger charge is -2.27. The first-order chi connectivity index (χ1) is 9.68. The van der Waals surface area contributed by atoms with Gasteiger partial charge in [-0.3, -0.25) is 9.59 Å². The van der Waals surface area contributed by atoms with E-state index < -0.39 is 0 Å². The molecule has 0 aromatic heterocycles. The monoisotopic (exact) mass is 299 g/mol. The summed E-state index contributed by atoms with van der Waals surface area (Å²) in [5.74, 6) is 0.298. The zero-order valence-corrected chi connectivity index (χ0v) is 14.6. The molecule has 1 N–H and O–H groups in total. The van der Waals surface area contributed by atoms with Gasteiger partial charge in [-0.15, -0.1) is 0 Å². The Labute approximate surface area is 130 Å². The number of amides is 1. The van der Waals surface area contributed by atoms with Crippen molar-refractivity contribution in [3.63, 3.8) is 0 Å². The van der Waals surface area contributed by atoms with E-state index >= 15 is 0 Å². The molecule has 0 radical (unpaired) electrons. The number of carbonyl (C=O) groups is 2. The van der Waals surface area contributed by atoms with Crippen molar-refractivity contribution >= 4 is 11.7 Å². The summed E-state index contributed by atoms with van der Waals surface area (Å²) in [6.07, 6.45) is 3.57. The second-order valence-corrected chi connectivity index (χ2v) is 6.75. The van der Waals surface area contributed by atoms with Gasteiger partial charge in [-0.2, -0.15) is 0 Å². The molecule has 0 spiro atoms. The number of rotatable bonds is 11. The third-order valence-corrected chi connectivity index (χ3v) is 3.65. The molecule has 0 fully saturated rings. The van der Waals surface area contributed by atoms with E-state index in [-0.39, 0.29) is 29.3 Å². The fraction of sp³-hybridized carbons (Fsp3) is 0.882. The van der Waals surface area contributed by atoms with Crippen LogP contribution in [-0.2, 0) is 14.3 Å². The predicted octanol–water partition coefficient (Wildman–Crippen LogP) is 3.48. The summed E-state index contributed by atoms with van der Waals surface area (Å²) >= 11 is 0. The zero-order chi connectivity index (χ0) is 16.5. The summed E-state index contributed by atoms with van der Waals surface area (Å²) in [5.41, 5.74) is -0.271. The predicted molar refractivity (Wildman–Crippen MR) is 86.2 cm³/mol. The zero-order valence-electron chi connectivity index (χ0n) is 14.6. The molecule has 1 atom stereocenters. The van der Waals surface area contributed by atoms with Gasteiger partial charge in [0.25, 0.3) is 0 Å². The number of carbonyl (C=O) groups excluding carboxylic acids is 2. The van der Waals surface area contributed by atoms with Crippen LogP contribution in [0.4, 0.5) is 0 Å². The van der Waals surface area contributed by atoms with Crippen molar-refractivity contribution in [3.05, 3.63) is 0 Å². The summed E-state index contributed by atoms with van der Waals surface area (Å²) in [6.45, 7) is 12.6. The molecule has 0 heterocycles. The second-order valence-electron chi connectivity index (χ2n) is 6.75. The van der Waals surface area contributed by atoms with Crippen molar-refractivity contribution in [2.75, 3.05) is 6.61 Å². The van der Waals surface area contributed by atoms with Crippen LogP contribution in [0.5, 0.6) is 0 Å². The van der Waals surface area contributed by atoms with Gasteiger partial charge in [-0.25, -0.2) is 0 Å². The molecule has 1 amide bonds. The molecule has 0 saturated heterocycles. The van der Waals surface area contributed by atoms with Crippen LogP contribution in [0.3, 0.4) is 0 Å². The second kappa shape index (κ2) is 9.93. The first kappa shape index (κ1) is 20.1. The molecule has 0 aromatic rings. The average molecular weight is 299 g/mol. The van der Waals surface area contributed by atoms with Crippen molar-refractivity contribution in [1.29, 1.82) is 0 Å². The van der Waals surface area contributed by atoms with Crippen LogP contribution in [0.25, 0.3) is 0 Å². The Kier molecular flexibility index (Phi) is 9.51. The van der Waals surface area contributed by atoms with E-state index in [1.54, 1.807) is 0 Å². The summed E-state index contributed by atoms with van der Waals surface area (Å²) in [6, 6.07) is 0. The van der Waals surface area contributed by atoms with Crippen molar-refractivity contribution in [1.82, 2.24) is 5.32 Å². The van der Waals surface area contributed by atoms with Crippen LogP contribution in [0.2, 0.25) is 0 Å². The molecule has 0 aliphatic carbocycles. The molecule has 0 saturated carbocycles. The number of nitrogens with one attached hydrogen (secondary N) is 1. The minimum Gasteiger partial charge on any atom is -0.378 e. The normalized spacial score (nSPS) is 13.3. The lowest BCUT2D eigenvalue weighted by atomic mass is 10.00. The van der Waals surface area contributed by atoms with Crippen molar-refractivity contribution < 1.29 is 14.3 Å². The van der Waals surface area contributed by atoms with E-state index in [0.717, 1.165) is 12.8 Å². The summed E-state index contributed by atoms with van der Waals surface area (Å²) in [4.78, 5) is 23.4. The summed E-state index contributed by atoms with van der Waals surface area (Å²) in [7, 11) is 0. The number of hydrogen-bond donors (Lipinski definition) is 1. The number of Topliss-reactive ketones (excluding diaryl/α,β-unsaturated/α-hetero) is 1. The maximum atomic E-state index is 11.9. The molecular formula is C17H33NO3. The molecular weight excluding hydrogens is 266 g/mol. The topological polar surface area (TPSA) is 55.4 Å². The van der Waals surface area contributed by atoms with Crippen LogP contribution >= 0.6 is 0 Å². The standard InChI is InChI=1S/C17H33NO3/c1-7-14(4)21-12-11-17(5,6)18-16(20)10-8-9-15(19)13(2)3/h13-14H,7-12H2,1-6H3,(H,18,20). The Morgan fingerprint density at radius 1 is 1.14 bits per heavy atom. The molecule has 21 heavy (non-hydrogen) atoms. The number of ether oxygens (including phenoxy) is 1. The fourth-order valence-corrected chi connectivity index (χ4v) is 1.85. The molecule has 0 bridgehead atoms. The highest BCUT2D eigenvalue weighted by atomic mass is 16.5. The van der Waals surface area contributed by atoms with Gasteiger partial charge in [-0.05, 0) is 40.0 Å². The van der Waals surface area contributed by atoms with Gasteiger partial charge in [0, 0.05) is 30.9 Å². The lowest BCUT2D eigenvalue weighted by Crippen LogP contribution is -2.44. The van der Waals surface area contributed by atoms with Gasteiger partial charge in [0.1, 0.15) is 5.78 Å². The van der Waals surface area contributed by atoms with E-state index in [9.17, 15) is 9.59 Å². The third-order valence-electron chi connectivity index (χ3n) is 3.65. The van der Waals surface area contributed by atoms with Gasteiger partial charge >= 0.3 is 0 Å². The highest BCUT2D eigenvalue weighted by molar-refractivity contribution is 5.81. The lowest BCUT2D eigenvalue weighted by molar-refractivity contribution is -0.123. The smallest absolute Gasteiger partial charge is 0.220 e. The van der Waals surface area contributed by atoms with Gasteiger partial charge in [0.2, 0.25) is 5.91 Å². The first-order valence-corrected chi connectivity index (χ1v) is 8.13. The van der Waals surface area contributed by atoms with Crippen LogP contribution in [0.1, 0.15) is 73.6 Å². The Balaban J connectivity index is 3.93. The van der Waals surface area contributed by atoms with Crippen LogP contribution in [0.15, 0.2) is 0 Å². The van der Waals surface area contributed by atoms with E-state index in [1.165, 1.54) is 0 Å². The van der Waals surface area contributed by atoms with Crippen molar-refractivity contribution in [3.8, 4) is 0 Å². The quantitative estimate of drug-likeness (QED) is 0.635. The summed E-state index contributed by atoms with van der Waals surface area (Å²) < 4.78 is 5.65. The number of ketones is 1. The van der Waals surface area contributed by atoms with E-state index in [2.05, 4.69) is 19.2 Å². The van der Waals surface area contributed by atoms with Gasteiger partial charge in [-0.1, -0.05) is 20.8 Å². The minimum absolute atomic E-state index is 0.0140. The third kappa shape index (κ3) is 10.5. The van der Waals surface area contributed by atoms with Crippen LogP contribution in [-0.4, -0.2) is 29.9 Å². The molecule has 1 unspecified atom stereocenters. The highest BCUT2D eigenvalue weighted by Crippen LogP contribution is 2.11. The molecule has 4 nitrogen and oxygen atoms in total. The highest BCUT2D eigenvalue weighted by Gasteiger charge is 2.20. The molecule has 0 aliphatic heterocycles. The van der Waals surface area contributed by atoms with E-state index in [1.807, 2.05) is 27.7 Å². The Morgan fingerprint density at radius 2 is 1.76 bits per heavy atom. The van der Waals surface area contributed by atoms with Gasteiger partial charge in [0.05, 0.1) is 6.10 Å². The molecule has 0 aromatic carbocycles. The SMILES string of the molecule is CCC(C)OCCC(C)(C)NC(=O)CCCC(=O)C(C)C. The Morgan fingerprint density at radius 3 is 2.29 bits per heavy atom. The molecule has 4 heteroatoms. The first-order valence-electron chi connectivity index (χ1n) is 8.13. The number of hydrogen-bond acceptors (Lipinski definition) is 3. The van der Waals surface area contributed by atoms with Crippen LogP contribution < -0.4 is 5.32 Å². The average Bonchev–Trinajstić information content (AvgIpc) is 2.37. The van der Waals surface area contributed by atoms with Crippen LogP contribution in [0, 0.1) is 5.92 Å².